The van der Waals surface area contributed by atoms with Crippen LogP contribution in [0.15, 0.2) is 84.6 Å². The number of hydrogen-bond acceptors (Lipinski definition) is 4. The number of halogens is 1. The summed E-state index contributed by atoms with van der Waals surface area (Å²) in [6.45, 7) is 4.68. The second-order valence-electron chi connectivity index (χ2n) is 8.23. The lowest BCUT2D eigenvalue weighted by Gasteiger charge is -2.37. The Hall–Kier alpha value is -3.57. The average molecular weight is 458 g/mol. The molecule has 0 N–H and O–H groups in total. The Balaban J connectivity index is 1.52. The van der Waals surface area contributed by atoms with Gasteiger partial charge >= 0.3 is 0 Å². The first-order chi connectivity index (χ1) is 16.1. The highest BCUT2D eigenvalue weighted by Crippen LogP contribution is 2.37. The summed E-state index contributed by atoms with van der Waals surface area (Å²) in [7, 11) is 0. The number of imide groups is 1. The Morgan fingerprint density at radius 1 is 0.697 bits per heavy atom. The SMILES string of the molecule is Cc1c(Cl)cccc1N1C(=O)C(c2ccccc2)=C(N2CCN(c3ccccc3)CC2)C1=O. The molecule has 0 radical (unpaired) electrons. The number of benzene rings is 3. The highest BCUT2D eigenvalue weighted by Gasteiger charge is 2.43. The molecule has 3 aromatic rings. The predicted molar refractivity (Wildman–Crippen MR) is 132 cm³/mol. The van der Waals surface area contributed by atoms with Crippen LogP contribution in [0, 0.1) is 6.92 Å². The molecule has 5 nitrogen and oxygen atoms in total. The van der Waals surface area contributed by atoms with E-state index in [4.69, 9.17) is 11.6 Å². The van der Waals surface area contributed by atoms with Gasteiger partial charge in [0.1, 0.15) is 5.70 Å². The van der Waals surface area contributed by atoms with Gasteiger partial charge in [-0.15, -0.1) is 0 Å². The second-order valence-corrected chi connectivity index (χ2v) is 8.64. The van der Waals surface area contributed by atoms with E-state index in [0.717, 1.165) is 18.7 Å². The first-order valence-electron chi connectivity index (χ1n) is 11.0. The number of piperazine rings is 1. The van der Waals surface area contributed by atoms with E-state index in [1.165, 1.54) is 10.6 Å². The van der Waals surface area contributed by atoms with Crippen molar-refractivity contribution >= 4 is 40.4 Å². The smallest absolute Gasteiger partial charge is 0.282 e. The van der Waals surface area contributed by atoms with Gasteiger partial charge in [-0.25, -0.2) is 4.90 Å². The minimum absolute atomic E-state index is 0.294. The lowest BCUT2D eigenvalue weighted by atomic mass is 10.0. The van der Waals surface area contributed by atoms with Crippen LogP contribution < -0.4 is 9.80 Å². The van der Waals surface area contributed by atoms with E-state index in [-0.39, 0.29) is 11.8 Å². The monoisotopic (exact) mass is 457 g/mol. The Kier molecular flexibility index (Phi) is 5.65. The van der Waals surface area contributed by atoms with Crippen LogP contribution >= 0.6 is 11.6 Å². The van der Waals surface area contributed by atoms with E-state index in [9.17, 15) is 9.59 Å². The normalized spacial score (nSPS) is 16.7. The molecule has 1 saturated heterocycles. The molecule has 1 fully saturated rings. The molecule has 166 valence electrons. The molecule has 0 aliphatic carbocycles. The molecule has 0 saturated carbocycles. The molecule has 0 bridgehead atoms. The van der Waals surface area contributed by atoms with Crippen LogP contribution in [-0.2, 0) is 9.59 Å². The second kappa shape index (κ2) is 8.75. The summed E-state index contributed by atoms with van der Waals surface area (Å²) in [5.41, 5.74) is 4.08. The molecular formula is C27H24ClN3O2. The fourth-order valence-corrected chi connectivity index (χ4v) is 4.73. The molecule has 0 aromatic heterocycles. The number of para-hydroxylation sites is 1. The summed E-state index contributed by atoms with van der Waals surface area (Å²) in [5, 5.41) is 0.527. The van der Waals surface area contributed by atoms with E-state index in [1.807, 2.05) is 55.5 Å². The number of rotatable bonds is 4. The molecule has 2 aliphatic rings. The van der Waals surface area contributed by atoms with Crippen LogP contribution in [0.25, 0.3) is 5.57 Å². The van der Waals surface area contributed by atoms with Gasteiger partial charge < -0.3 is 9.80 Å². The van der Waals surface area contributed by atoms with Crippen LogP contribution in [0.1, 0.15) is 11.1 Å². The summed E-state index contributed by atoms with van der Waals surface area (Å²) in [6, 6.07) is 25.0. The summed E-state index contributed by atoms with van der Waals surface area (Å²) in [5.74, 6) is -0.602. The lowest BCUT2D eigenvalue weighted by Crippen LogP contribution is -2.47. The van der Waals surface area contributed by atoms with E-state index < -0.39 is 0 Å². The third-order valence-corrected chi connectivity index (χ3v) is 6.73. The molecule has 0 spiro atoms. The van der Waals surface area contributed by atoms with Crippen molar-refractivity contribution in [1.29, 1.82) is 0 Å². The van der Waals surface area contributed by atoms with Crippen molar-refractivity contribution in [1.82, 2.24) is 4.90 Å². The molecule has 6 heteroatoms. The number of nitrogens with zero attached hydrogens (tertiary/aromatic N) is 3. The van der Waals surface area contributed by atoms with E-state index in [2.05, 4.69) is 21.9 Å². The molecule has 2 heterocycles. The Bertz CT molecular complexity index is 1230. The first-order valence-corrected chi connectivity index (χ1v) is 11.4. The molecular weight excluding hydrogens is 434 g/mol. The number of hydrogen-bond donors (Lipinski definition) is 0. The number of carbonyl (C=O) groups is 2. The zero-order valence-electron chi connectivity index (χ0n) is 18.4. The summed E-state index contributed by atoms with van der Waals surface area (Å²) < 4.78 is 0. The highest BCUT2D eigenvalue weighted by atomic mass is 35.5. The van der Waals surface area contributed by atoms with E-state index >= 15 is 0 Å². The van der Waals surface area contributed by atoms with Crippen LogP contribution in [0.3, 0.4) is 0 Å². The van der Waals surface area contributed by atoms with Crippen molar-refractivity contribution in [3.8, 4) is 0 Å². The molecule has 33 heavy (non-hydrogen) atoms. The zero-order valence-corrected chi connectivity index (χ0v) is 19.1. The van der Waals surface area contributed by atoms with Gasteiger partial charge in [0.25, 0.3) is 11.8 Å². The largest absolute Gasteiger partial charge is 0.368 e. The van der Waals surface area contributed by atoms with Gasteiger partial charge in [-0.2, -0.15) is 0 Å². The number of anilines is 2. The van der Waals surface area contributed by atoms with Crippen LogP contribution in [0.4, 0.5) is 11.4 Å². The van der Waals surface area contributed by atoms with Crippen molar-refractivity contribution in [3.05, 3.63) is 101 Å². The average Bonchev–Trinajstić information content (AvgIpc) is 3.12. The summed E-state index contributed by atoms with van der Waals surface area (Å²) >= 11 is 6.32. The van der Waals surface area contributed by atoms with E-state index in [0.29, 0.717) is 40.6 Å². The fraction of sp³-hybridized carbons (Fsp3) is 0.185. The maximum absolute atomic E-state index is 13.8. The zero-order chi connectivity index (χ0) is 22.9. The van der Waals surface area contributed by atoms with Gasteiger partial charge in [-0.1, -0.05) is 66.2 Å². The summed E-state index contributed by atoms with van der Waals surface area (Å²) in [4.78, 5) is 33.1. The standard InChI is InChI=1S/C27H24ClN3O2/c1-19-22(28)13-8-14-23(19)31-26(32)24(20-9-4-2-5-10-20)25(27(31)33)30-17-15-29(16-18-30)21-11-6-3-7-12-21/h2-14H,15-18H2,1H3. The van der Waals surface area contributed by atoms with Crippen LogP contribution in [-0.4, -0.2) is 42.9 Å². The fourth-order valence-electron chi connectivity index (χ4n) is 4.56. The van der Waals surface area contributed by atoms with Crippen molar-refractivity contribution in [2.75, 3.05) is 36.0 Å². The van der Waals surface area contributed by atoms with Gasteiger partial charge in [0.2, 0.25) is 0 Å². The molecule has 0 atom stereocenters. The first kappa shape index (κ1) is 21.3. The maximum atomic E-state index is 13.8. The molecule has 2 amide bonds. The Morgan fingerprint density at radius 3 is 1.97 bits per heavy atom. The topological polar surface area (TPSA) is 43.9 Å². The minimum Gasteiger partial charge on any atom is -0.368 e. The maximum Gasteiger partial charge on any atom is 0.282 e. The van der Waals surface area contributed by atoms with Crippen molar-refractivity contribution < 1.29 is 9.59 Å². The van der Waals surface area contributed by atoms with Crippen molar-refractivity contribution in [2.24, 2.45) is 0 Å². The van der Waals surface area contributed by atoms with E-state index in [1.54, 1.807) is 18.2 Å². The van der Waals surface area contributed by atoms with Gasteiger partial charge in [0, 0.05) is 36.9 Å². The van der Waals surface area contributed by atoms with Gasteiger partial charge in [-0.05, 0) is 42.3 Å². The third kappa shape index (κ3) is 3.79. The van der Waals surface area contributed by atoms with Crippen LogP contribution in [0.2, 0.25) is 5.02 Å². The Labute approximate surface area is 198 Å². The number of amides is 2. The highest BCUT2D eigenvalue weighted by molar-refractivity contribution is 6.46. The molecule has 0 unspecified atom stereocenters. The van der Waals surface area contributed by atoms with Gasteiger partial charge in [-0.3, -0.25) is 9.59 Å². The predicted octanol–water partition coefficient (Wildman–Crippen LogP) is 4.76. The van der Waals surface area contributed by atoms with Crippen molar-refractivity contribution in [2.45, 2.75) is 6.92 Å². The van der Waals surface area contributed by atoms with Gasteiger partial charge in [0.05, 0.1) is 11.3 Å². The molecule has 5 rings (SSSR count). The molecule has 3 aromatic carbocycles. The van der Waals surface area contributed by atoms with Gasteiger partial charge in [0.15, 0.2) is 0 Å². The quantitative estimate of drug-likeness (QED) is 0.530. The van der Waals surface area contributed by atoms with Crippen molar-refractivity contribution in [3.63, 3.8) is 0 Å². The Morgan fingerprint density at radius 2 is 1.30 bits per heavy atom. The lowest BCUT2D eigenvalue weighted by molar-refractivity contribution is -0.120. The summed E-state index contributed by atoms with van der Waals surface area (Å²) in [6.07, 6.45) is 0. The third-order valence-electron chi connectivity index (χ3n) is 6.32. The number of carbonyl (C=O) groups excluding carboxylic acids is 2. The van der Waals surface area contributed by atoms with Crippen LogP contribution in [0.5, 0.6) is 0 Å². The molecule has 2 aliphatic heterocycles. The minimum atomic E-state index is -0.308.